The molecule has 12 nitrogen and oxygen atoms in total. The lowest BCUT2D eigenvalue weighted by molar-refractivity contribution is -0.138. The van der Waals surface area contributed by atoms with Gasteiger partial charge in [0, 0.05) is 49.9 Å². The number of fused-ring (bicyclic) bond motifs is 4. The molecule has 6 rings (SSSR count). The van der Waals surface area contributed by atoms with E-state index in [0.717, 1.165) is 12.0 Å². The van der Waals surface area contributed by atoms with Gasteiger partial charge in [0.05, 0.1) is 55.3 Å². The van der Waals surface area contributed by atoms with Crippen LogP contribution in [0.15, 0.2) is 41.4 Å². The molecular formula is C32H33BrFN7O5. The number of Topliss-reactive ketones (excluding diaryl/α,β-unsaturated/α-hetero) is 2. The summed E-state index contributed by atoms with van der Waals surface area (Å²) in [5.41, 5.74) is 1.17. The van der Waals surface area contributed by atoms with Gasteiger partial charge in [-0.15, -0.1) is 0 Å². The lowest BCUT2D eigenvalue weighted by Crippen LogP contribution is -2.43. The van der Waals surface area contributed by atoms with Crippen LogP contribution in [0.3, 0.4) is 0 Å². The van der Waals surface area contributed by atoms with Crippen molar-refractivity contribution in [3.8, 4) is 11.3 Å². The Hall–Kier alpha value is -4.01. The molecular weight excluding hydrogens is 661 g/mol. The summed E-state index contributed by atoms with van der Waals surface area (Å²) >= 11 is 3.38. The second-order valence-corrected chi connectivity index (χ2v) is 12.6. The first-order valence-electron chi connectivity index (χ1n) is 15.1. The largest absolute Gasteiger partial charge is 0.378 e. The van der Waals surface area contributed by atoms with Gasteiger partial charge in [-0.1, -0.05) is 6.07 Å². The molecule has 1 fully saturated rings. The monoisotopic (exact) mass is 693 g/mol. The van der Waals surface area contributed by atoms with Crippen LogP contribution in [0.5, 0.6) is 0 Å². The minimum Gasteiger partial charge on any atom is -0.378 e. The fraction of sp³-hybridized carbons (Fsp3) is 0.438. The molecule has 0 N–H and O–H groups in total. The number of likely N-dealkylation sites (tertiary alicyclic amines) is 1. The number of amides is 1. The fourth-order valence-electron chi connectivity index (χ4n) is 5.86. The minimum absolute atomic E-state index is 0.0991. The Bertz CT molecular complexity index is 1800. The second-order valence-electron chi connectivity index (χ2n) is 11.8. The molecule has 0 spiro atoms. The van der Waals surface area contributed by atoms with Gasteiger partial charge < -0.3 is 14.4 Å². The number of hydrogen-bond donors (Lipinski definition) is 0. The topological polar surface area (TPSA) is 142 Å². The van der Waals surface area contributed by atoms with Crippen molar-refractivity contribution >= 4 is 44.3 Å². The number of alkyl halides is 1. The fourth-order valence-corrected chi connectivity index (χ4v) is 6.21. The first-order chi connectivity index (χ1) is 22.1. The van der Waals surface area contributed by atoms with E-state index < -0.39 is 17.6 Å². The molecule has 2 aliphatic heterocycles. The number of carbonyl (C=O) groups is 3. The van der Waals surface area contributed by atoms with Crippen molar-refractivity contribution in [3.63, 3.8) is 0 Å². The zero-order chi connectivity index (χ0) is 32.4. The molecule has 2 aliphatic rings. The molecule has 2 atom stereocenters. The molecule has 240 valence electrons. The van der Waals surface area contributed by atoms with Crippen LogP contribution < -0.4 is 0 Å². The average Bonchev–Trinajstić information content (AvgIpc) is 3.57. The highest BCUT2D eigenvalue weighted by molar-refractivity contribution is 9.10. The highest BCUT2D eigenvalue weighted by atomic mass is 79.9. The maximum Gasteiger partial charge on any atom is 0.245 e. The summed E-state index contributed by atoms with van der Waals surface area (Å²) < 4.78 is 29.7. The third-order valence-electron chi connectivity index (χ3n) is 8.23. The van der Waals surface area contributed by atoms with Crippen molar-refractivity contribution in [1.82, 2.24) is 34.6 Å². The van der Waals surface area contributed by atoms with Crippen LogP contribution in [-0.2, 0) is 38.6 Å². The first kappa shape index (κ1) is 32.0. The first-order valence-corrected chi connectivity index (χ1v) is 15.9. The summed E-state index contributed by atoms with van der Waals surface area (Å²) in [6.45, 7) is 3.42. The van der Waals surface area contributed by atoms with Crippen LogP contribution in [-0.4, -0.2) is 90.2 Å². The smallest absolute Gasteiger partial charge is 0.245 e. The van der Waals surface area contributed by atoms with Gasteiger partial charge in [0.2, 0.25) is 5.91 Å². The predicted octanol–water partition coefficient (Wildman–Crippen LogP) is 4.00. The molecule has 1 saturated heterocycles. The molecule has 2 bridgehead atoms. The third-order valence-corrected chi connectivity index (χ3v) is 8.68. The van der Waals surface area contributed by atoms with Gasteiger partial charge in [0.1, 0.15) is 22.7 Å². The van der Waals surface area contributed by atoms with Gasteiger partial charge >= 0.3 is 0 Å². The van der Waals surface area contributed by atoms with E-state index in [1.54, 1.807) is 31.5 Å². The van der Waals surface area contributed by atoms with E-state index in [0.29, 0.717) is 57.9 Å². The van der Waals surface area contributed by atoms with Crippen LogP contribution in [0.2, 0.25) is 0 Å². The number of aryl methyl sites for hydroxylation is 1. The van der Waals surface area contributed by atoms with Crippen LogP contribution in [0.4, 0.5) is 4.39 Å². The molecule has 6 heterocycles. The Morgan fingerprint density at radius 1 is 1.11 bits per heavy atom. The van der Waals surface area contributed by atoms with E-state index in [4.69, 9.17) is 9.47 Å². The van der Waals surface area contributed by atoms with Crippen molar-refractivity contribution in [2.45, 2.75) is 64.4 Å². The SMILES string of the molecule is CC(=O)c1nn(CC(=O)N2C[C@@]3(F)COCCCCOCc4ccc(Br)nc4CC(=O)[C@@H]2C3)c2cnc(-c3cnc(C)nc3)cc12. The summed E-state index contributed by atoms with van der Waals surface area (Å²) in [6.07, 6.45) is 5.94. The number of aromatic nitrogens is 6. The molecule has 0 saturated carbocycles. The van der Waals surface area contributed by atoms with Gasteiger partial charge in [-0.3, -0.25) is 24.0 Å². The van der Waals surface area contributed by atoms with Crippen LogP contribution in [0, 0.1) is 6.92 Å². The second kappa shape index (κ2) is 13.4. The molecule has 1 amide bonds. The highest BCUT2D eigenvalue weighted by Crippen LogP contribution is 2.34. The molecule has 0 radical (unpaired) electrons. The van der Waals surface area contributed by atoms with Crippen molar-refractivity contribution in [1.29, 1.82) is 0 Å². The lowest BCUT2D eigenvalue weighted by Gasteiger charge is -2.24. The molecule has 4 aromatic rings. The minimum atomic E-state index is -1.91. The third kappa shape index (κ3) is 6.88. The predicted molar refractivity (Wildman–Crippen MR) is 168 cm³/mol. The number of carbonyl (C=O) groups excluding carboxylic acids is 3. The number of ketones is 2. The maximum absolute atomic E-state index is 16.3. The number of hydrogen-bond acceptors (Lipinski definition) is 10. The number of pyridine rings is 2. The van der Waals surface area contributed by atoms with Crippen LogP contribution in [0.25, 0.3) is 22.2 Å². The summed E-state index contributed by atoms with van der Waals surface area (Å²) in [5.74, 6) is -0.534. The van der Waals surface area contributed by atoms with Crippen molar-refractivity contribution < 1.29 is 28.2 Å². The Labute approximate surface area is 272 Å². The van der Waals surface area contributed by atoms with Crippen LogP contribution >= 0.6 is 15.9 Å². The molecule has 4 aromatic heterocycles. The van der Waals surface area contributed by atoms with Gasteiger partial charge in [-0.25, -0.2) is 19.3 Å². The number of halogens is 2. The van der Waals surface area contributed by atoms with E-state index in [1.165, 1.54) is 22.7 Å². The Morgan fingerprint density at radius 3 is 2.63 bits per heavy atom. The van der Waals surface area contributed by atoms with E-state index >= 15 is 4.39 Å². The van der Waals surface area contributed by atoms with Crippen molar-refractivity contribution in [3.05, 3.63) is 64.2 Å². The van der Waals surface area contributed by atoms with Crippen molar-refractivity contribution in [2.75, 3.05) is 26.4 Å². The zero-order valence-corrected chi connectivity index (χ0v) is 27.1. The zero-order valence-electron chi connectivity index (χ0n) is 25.5. The summed E-state index contributed by atoms with van der Waals surface area (Å²) in [5, 5.41) is 4.95. The molecule has 0 aliphatic carbocycles. The molecule has 0 aromatic carbocycles. The highest BCUT2D eigenvalue weighted by Gasteiger charge is 2.49. The summed E-state index contributed by atoms with van der Waals surface area (Å²) in [4.78, 5) is 59.0. The van der Waals surface area contributed by atoms with Gasteiger partial charge in [-0.05, 0) is 53.4 Å². The van der Waals surface area contributed by atoms with Gasteiger partial charge in [-0.2, -0.15) is 5.10 Å². The van der Waals surface area contributed by atoms with Gasteiger partial charge in [0.15, 0.2) is 17.2 Å². The summed E-state index contributed by atoms with van der Waals surface area (Å²) in [7, 11) is 0. The maximum atomic E-state index is 16.3. The standard InChI is InChI=1S/C32H33BrFN7O5/c1-19(42)31-23-9-24(22-12-35-20(2)36-13-22)37-14-27(23)41(39-31)15-30(44)40-17-32(34)11-26(40)28(43)10-25-21(5-6-29(33)38-25)16-45-7-3-4-8-46-18-32/h5-6,9,12-14,26H,3-4,7-8,10-11,15-18H2,1-2H3/t26-,32+/m0/s1. The Morgan fingerprint density at radius 2 is 1.87 bits per heavy atom. The van der Waals surface area contributed by atoms with E-state index in [1.807, 2.05) is 6.07 Å². The Kier molecular flexibility index (Phi) is 9.29. The quantitative estimate of drug-likeness (QED) is 0.227. The van der Waals surface area contributed by atoms with E-state index in [2.05, 4.69) is 41.0 Å². The Balaban J connectivity index is 1.30. The number of ether oxygens (including phenoxy) is 2. The van der Waals surface area contributed by atoms with E-state index in [-0.39, 0.29) is 56.4 Å². The molecule has 14 heteroatoms. The number of rotatable bonds is 4. The molecule has 46 heavy (non-hydrogen) atoms. The normalized spacial score (nSPS) is 21.1. The lowest BCUT2D eigenvalue weighted by atomic mass is 9.97. The summed E-state index contributed by atoms with van der Waals surface area (Å²) in [6, 6.07) is 4.30. The van der Waals surface area contributed by atoms with Crippen molar-refractivity contribution in [2.24, 2.45) is 0 Å². The van der Waals surface area contributed by atoms with Gasteiger partial charge in [0.25, 0.3) is 0 Å². The number of nitrogens with zero attached hydrogens (tertiary/aromatic N) is 7. The van der Waals surface area contributed by atoms with E-state index in [9.17, 15) is 14.4 Å². The average molecular weight is 695 g/mol. The molecule has 0 unspecified atom stereocenters. The van der Waals surface area contributed by atoms with Crippen LogP contribution in [0.1, 0.15) is 53.8 Å².